The van der Waals surface area contributed by atoms with Crippen LogP contribution < -0.4 is 15.5 Å². The Kier molecular flexibility index (Phi) is 6.48. The highest BCUT2D eigenvalue weighted by atomic mass is 35.5. The van der Waals surface area contributed by atoms with Crippen molar-refractivity contribution in [2.24, 2.45) is 0 Å². The molecule has 0 unspecified atom stereocenters. The Morgan fingerprint density at radius 2 is 1.85 bits per heavy atom. The molecule has 0 bridgehead atoms. The van der Waals surface area contributed by atoms with Gasteiger partial charge in [-0.25, -0.2) is 0 Å². The first-order chi connectivity index (χ1) is 12.5. The van der Waals surface area contributed by atoms with Crippen LogP contribution in [0.3, 0.4) is 0 Å². The van der Waals surface area contributed by atoms with Crippen molar-refractivity contribution in [3.05, 3.63) is 51.5 Å². The van der Waals surface area contributed by atoms with E-state index < -0.39 is 0 Å². The molecule has 8 heteroatoms. The van der Waals surface area contributed by atoms with Crippen molar-refractivity contribution in [2.75, 3.05) is 48.4 Å². The van der Waals surface area contributed by atoms with Crippen LogP contribution in [-0.2, 0) is 9.53 Å². The lowest BCUT2D eigenvalue weighted by Gasteiger charge is -2.30. The zero-order valence-electron chi connectivity index (χ0n) is 13.9. The standard InChI is InChI=1S/C18H18Cl3N3O2/c19-12-4-5-16(24-6-8-26-9-7-24)15(10-12)22-11-17(25)23-14-3-1-2-13(20)18(14)21/h1-5,10,22H,6-9,11H2,(H,23,25). The molecule has 1 amide bonds. The SMILES string of the molecule is O=C(CNc1cc(Cl)ccc1N1CCOCC1)Nc1cccc(Cl)c1Cl. The van der Waals surface area contributed by atoms with E-state index in [0.29, 0.717) is 34.0 Å². The fourth-order valence-corrected chi connectivity index (χ4v) is 3.22. The van der Waals surface area contributed by atoms with E-state index in [9.17, 15) is 4.79 Å². The molecule has 0 saturated carbocycles. The van der Waals surface area contributed by atoms with Crippen molar-refractivity contribution in [3.63, 3.8) is 0 Å². The van der Waals surface area contributed by atoms with Crippen LogP contribution in [0, 0.1) is 0 Å². The summed E-state index contributed by atoms with van der Waals surface area (Å²) in [6, 6.07) is 10.7. The van der Waals surface area contributed by atoms with Gasteiger partial charge in [0.1, 0.15) is 0 Å². The minimum absolute atomic E-state index is 0.0700. The van der Waals surface area contributed by atoms with Gasteiger partial charge >= 0.3 is 0 Å². The monoisotopic (exact) mass is 413 g/mol. The fourth-order valence-electron chi connectivity index (χ4n) is 2.70. The van der Waals surface area contributed by atoms with Crippen LogP contribution >= 0.6 is 34.8 Å². The highest BCUT2D eigenvalue weighted by molar-refractivity contribution is 6.44. The van der Waals surface area contributed by atoms with Gasteiger partial charge < -0.3 is 20.3 Å². The molecule has 1 heterocycles. The first kappa shape index (κ1) is 19.1. The first-order valence-corrected chi connectivity index (χ1v) is 9.28. The lowest BCUT2D eigenvalue weighted by Crippen LogP contribution is -2.36. The van der Waals surface area contributed by atoms with Crippen LogP contribution in [0.1, 0.15) is 0 Å². The molecule has 2 aromatic rings. The van der Waals surface area contributed by atoms with E-state index >= 15 is 0 Å². The number of hydrogen-bond acceptors (Lipinski definition) is 4. The van der Waals surface area contributed by atoms with Gasteiger partial charge in [-0.05, 0) is 30.3 Å². The summed E-state index contributed by atoms with van der Waals surface area (Å²) in [5.74, 6) is -0.234. The molecule has 1 saturated heterocycles. The highest BCUT2D eigenvalue weighted by Crippen LogP contribution is 2.31. The predicted octanol–water partition coefficient (Wildman–Crippen LogP) is 4.53. The zero-order valence-corrected chi connectivity index (χ0v) is 16.2. The summed E-state index contributed by atoms with van der Waals surface area (Å²) in [5, 5.41) is 7.21. The first-order valence-electron chi connectivity index (χ1n) is 8.14. The van der Waals surface area contributed by atoms with Gasteiger partial charge in [0, 0.05) is 18.1 Å². The van der Waals surface area contributed by atoms with Gasteiger partial charge in [-0.1, -0.05) is 40.9 Å². The van der Waals surface area contributed by atoms with Crippen molar-refractivity contribution in [1.29, 1.82) is 0 Å². The average molecular weight is 415 g/mol. The molecule has 0 aliphatic carbocycles. The number of nitrogens with one attached hydrogen (secondary N) is 2. The number of carbonyl (C=O) groups excluding carboxylic acids is 1. The van der Waals surface area contributed by atoms with Gasteiger partial charge in [0.05, 0.1) is 46.9 Å². The number of hydrogen-bond donors (Lipinski definition) is 2. The maximum Gasteiger partial charge on any atom is 0.243 e. The molecular weight excluding hydrogens is 397 g/mol. The number of benzene rings is 2. The van der Waals surface area contributed by atoms with Crippen LogP contribution in [0.25, 0.3) is 0 Å². The van der Waals surface area contributed by atoms with Crippen molar-refractivity contribution >= 4 is 57.8 Å². The molecule has 1 aliphatic rings. The van der Waals surface area contributed by atoms with Crippen LogP contribution in [0.4, 0.5) is 17.1 Å². The maximum absolute atomic E-state index is 12.3. The molecule has 138 valence electrons. The molecule has 0 radical (unpaired) electrons. The Bertz CT molecular complexity index is 795. The van der Waals surface area contributed by atoms with Crippen molar-refractivity contribution in [1.82, 2.24) is 0 Å². The van der Waals surface area contributed by atoms with Gasteiger partial charge in [-0.3, -0.25) is 4.79 Å². The van der Waals surface area contributed by atoms with E-state index in [-0.39, 0.29) is 12.5 Å². The second-order valence-electron chi connectivity index (χ2n) is 5.76. The minimum atomic E-state index is -0.234. The Morgan fingerprint density at radius 3 is 2.62 bits per heavy atom. The zero-order chi connectivity index (χ0) is 18.5. The predicted molar refractivity (Wildman–Crippen MR) is 108 cm³/mol. The number of rotatable bonds is 5. The smallest absolute Gasteiger partial charge is 0.243 e. The Morgan fingerprint density at radius 1 is 1.08 bits per heavy atom. The van der Waals surface area contributed by atoms with Gasteiger partial charge in [-0.2, -0.15) is 0 Å². The third-order valence-corrected chi connectivity index (χ3v) is 5.03. The fraction of sp³-hybridized carbons (Fsp3) is 0.278. The van der Waals surface area contributed by atoms with E-state index in [4.69, 9.17) is 39.5 Å². The number of anilines is 3. The number of carbonyl (C=O) groups is 1. The Hall–Kier alpha value is -1.66. The molecule has 0 spiro atoms. The number of halogens is 3. The molecule has 5 nitrogen and oxygen atoms in total. The van der Waals surface area contributed by atoms with E-state index in [0.717, 1.165) is 24.5 Å². The quantitative estimate of drug-likeness (QED) is 0.754. The number of nitrogens with zero attached hydrogens (tertiary/aromatic N) is 1. The van der Waals surface area contributed by atoms with Gasteiger partial charge in [0.2, 0.25) is 5.91 Å². The lowest BCUT2D eigenvalue weighted by molar-refractivity contribution is -0.114. The maximum atomic E-state index is 12.3. The third kappa shape index (κ3) is 4.74. The van der Waals surface area contributed by atoms with Crippen molar-refractivity contribution < 1.29 is 9.53 Å². The molecule has 1 aliphatic heterocycles. The van der Waals surface area contributed by atoms with Crippen LogP contribution in [0.2, 0.25) is 15.1 Å². The second-order valence-corrected chi connectivity index (χ2v) is 6.99. The summed E-state index contributed by atoms with van der Waals surface area (Å²) >= 11 is 18.2. The molecule has 26 heavy (non-hydrogen) atoms. The molecular formula is C18H18Cl3N3O2. The third-order valence-electron chi connectivity index (χ3n) is 3.98. The topological polar surface area (TPSA) is 53.6 Å². The normalized spacial score (nSPS) is 14.2. The van der Waals surface area contributed by atoms with Gasteiger partial charge in [0.15, 0.2) is 0 Å². The largest absolute Gasteiger partial charge is 0.378 e. The summed E-state index contributed by atoms with van der Waals surface area (Å²) in [6.07, 6.45) is 0. The molecule has 0 aromatic heterocycles. The molecule has 1 fully saturated rings. The summed E-state index contributed by atoms with van der Waals surface area (Å²) in [6.45, 7) is 3.01. The van der Waals surface area contributed by atoms with Crippen LogP contribution in [-0.4, -0.2) is 38.8 Å². The van der Waals surface area contributed by atoms with Crippen LogP contribution in [0.15, 0.2) is 36.4 Å². The second kappa shape index (κ2) is 8.82. The molecule has 0 atom stereocenters. The molecule has 2 aromatic carbocycles. The summed E-state index contributed by atoms with van der Waals surface area (Å²) in [7, 11) is 0. The molecule has 3 rings (SSSR count). The average Bonchev–Trinajstić information content (AvgIpc) is 2.64. The van der Waals surface area contributed by atoms with Gasteiger partial charge in [-0.15, -0.1) is 0 Å². The lowest BCUT2D eigenvalue weighted by atomic mass is 10.2. The van der Waals surface area contributed by atoms with E-state index in [1.165, 1.54) is 0 Å². The van der Waals surface area contributed by atoms with E-state index in [1.54, 1.807) is 18.2 Å². The Balaban J connectivity index is 1.67. The molecule has 2 N–H and O–H groups in total. The number of ether oxygens (including phenoxy) is 1. The Labute approximate surface area is 167 Å². The van der Waals surface area contributed by atoms with Crippen molar-refractivity contribution in [2.45, 2.75) is 0 Å². The number of morpholine rings is 1. The number of amides is 1. The minimum Gasteiger partial charge on any atom is -0.378 e. The van der Waals surface area contributed by atoms with E-state index in [1.807, 2.05) is 18.2 Å². The van der Waals surface area contributed by atoms with Gasteiger partial charge in [0.25, 0.3) is 0 Å². The summed E-state index contributed by atoms with van der Waals surface area (Å²) in [4.78, 5) is 14.5. The van der Waals surface area contributed by atoms with Crippen molar-refractivity contribution in [3.8, 4) is 0 Å². The summed E-state index contributed by atoms with van der Waals surface area (Å²) in [5.41, 5.74) is 2.27. The van der Waals surface area contributed by atoms with Crippen LogP contribution in [0.5, 0.6) is 0 Å². The highest BCUT2D eigenvalue weighted by Gasteiger charge is 2.16. The summed E-state index contributed by atoms with van der Waals surface area (Å²) < 4.78 is 5.39. The van der Waals surface area contributed by atoms with E-state index in [2.05, 4.69) is 15.5 Å².